The molecule has 38 heavy (non-hydrogen) atoms. The van der Waals surface area contributed by atoms with Gasteiger partial charge in [0.05, 0.1) is 12.1 Å². The summed E-state index contributed by atoms with van der Waals surface area (Å²) in [6.07, 6.45) is 6.55. The van der Waals surface area contributed by atoms with Gasteiger partial charge < -0.3 is 19.5 Å². The molecule has 0 radical (unpaired) electrons. The van der Waals surface area contributed by atoms with Gasteiger partial charge in [0.15, 0.2) is 11.4 Å². The van der Waals surface area contributed by atoms with Crippen LogP contribution in [0.25, 0.3) is 10.6 Å². The van der Waals surface area contributed by atoms with Crippen LogP contribution in [0.4, 0.5) is 4.39 Å². The lowest BCUT2D eigenvalue weighted by Gasteiger charge is -2.46. The molecule has 3 aromatic rings. The zero-order valence-corrected chi connectivity index (χ0v) is 22.6. The van der Waals surface area contributed by atoms with Crippen LogP contribution in [-0.2, 0) is 16.8 Å². The predicted molar refractivity (Wildman–Crippen MR) is 143 cm³/mol. The molecule has 1 fully saturated rings. The normalized spacial score (nSPS) is 19.7. The molecule has 2 aromatic heterocycles. The summed E-state index contributed by atoms with van der Waals surface area (Å²) in [7, 11) is 0. The second kappa shape index (κ2) is 9.98. The van der Waals surface area contributed by atoms with Crippen molar-refractivity contribution in [2.45, 2.75) is 58.0 Å². The van der Waals surface area contributed by atoms with Gasteiger partial charge in [-0.15, -0.1) is 11.3 Å². The number of piperidine rings is 1. The Morgan fingerprint density at radius 1 is 1.16 bits per heavy atom. The maximum atomic E-state index is 14.0. The van der Waals surface area contributed by atoms with Gasteiger partial charge in [-0.05, 0) is 57.7 Å². The third-order valence-corrected chi connectivity index (χ3v) is 8.49. The van der Waals surface area contributed by atoms with E-state index in [0.717, 1.165) is 29.7 Å². The lowest BCUT2D eigenvalue weighted by Crippen LogP contribution is -2.62. The lowest BCUT2D eigenvalue weighted by atomic mass is 9.92. The van der Waals surface area contributed by atoms with Crippen molar-refractivity contribution in [3.8, 4) is 16.3 Å². The van der Waals surface area contributed by atoms with Crippen LogP contribution in [0.15, 0.2) is 41.5 Å². The summed E-state index contributed by atoms with van der Waals surface area (Å²) < 4.78 is 14.8. The molecule has 0 saturated carbocycles. The minimum absolute atomic E-state index is 0.126. The average Bonchev–Trinajstić information content (AvgIpc) is 3.37. The van der Waals surface area contributed by atoms with E-state index in [-0.39, 0.29) is 35.6 Å². The molecule has 0 bridgehead atoms. The summed E-state index contributed by atoms with van der Waals surface area (Å²) in [4.78, 5) is 49.4. The molecule has 4 heterocycles. The molecule has 8 nitrogen and oxygen atoms in total. The van der Waals surface area contributed by atoms with Crippen molar-refractivity contribution < 1.29 is 19.1 Å². The van der Waals surface area contributed by atoms with Gasteiger partial charge in [-0.2, -0.15) is 0 Å². The first-order valence-corrected chi connectivity index (χ1v) is 13.7. The number of thiazole rings is 1. The smallest absolute Gasteiger partial charge is 0.274 e. The molecule has 2 aliphatic rings. The molecule has 5 rings (SSSR count). The fourth-order valence-electron chi connectivity index (χ4n) is 5.31. The number of rotatable bonds is 5. The van der Waals surface area contributed by atoms with Gasteiger partial charge in [-0.3, -0.25) is 14.4 Å². The van der Waals surface area contributed by atoms with Gasteiger partial charge in [-0.25, -0.2) is 9.37 Å². The van der Waals surface area contributed by atoms with Gasteiger partial charge in [0, 0.05) is 42.8 Å². The first-order valence-electron chi connectivity index (χ1n) is 12.9. The molecule has 1 atom stereocenters. The van der Waals surface area contributed by atoms with Crippen molar-refractivity contribution >= 4 is 23.2 Å². The maximum absolute atomic E-state index is 14.0. The Morgan fingerprint density at radius 2 is 1.84 bits per heavy atom. The molecule has 1 unspecified atom stereocenters. The molecule has 1 aromatic carbocycles. The maximum Gasteiger partial charge on any atom is 0.274 e. The Kier molecular flexibility index (Phi) is 6.85. The number of pyridine rings is 1. The Morgan fingerprint density at radius 3 is 2.50 bits per heavy atom. The second-order valence-corrected chi connectivity index (χ2v) is 11.6. The minimum atomic E-state index is -1.21. The summed E-state index contributed by atoms with van der Waals surface area (Å²) in [6, 6.07) is 5.94. The number of aromatic hydroxyl groups is 1. The standard InChI is InChI=1S/C28H31FN4O4S/c1-17(2)32-16-28(3,27(37)31-11-5-4-6-12-31)33-15-21(23(34)24(35)22(33)26(32)36)25-30-14-20(38-25)13-18-7-9-19(29)10-8-18/h7-10,14-15,17,35H,4-6,11-13,16H2,1-3H3. The minimum Gasteiger partial charge on any atom is -0.503 e. The fourth-order valence-corrected chi connectivity index (χ4v) is 6.26. The molecule has 0 spiro atoms. The van der Waals surface area contributed by atoms with Crippen molar-refractivity contribution in [3.05, 3.63) is 68.8 Å². The third kappa shape index (κ3) is 4.51. The molecule has 1 saturated heterocycles. The van der Waals surface area contributed by atoms with E-state index in [1.54, 1.807) is 30.2 Å². The highest BCUT2D eigenvalue weighted by Gasteiger charge is 2.48. The number of aromatic nitrogens is 2. The van der Waals surface area contributed by atoms with Crippen LogP contribution in [0.1, 0.15) is 61.0 Å². The summed E-state index contributed by atoms with van der Waals surface area (Å²) in [6.45, 7) is 6.86. The number of nitrogens with zero attached hydrogens (tertiary/aromatic N) is 4. The zero-order valence-electron chi connectivity index (χ0n) is 21.7. The van der Waals surface area contributed by atoms with Gasteiger partial charge in [0.25, 0.3) is 5.91 Å². The number of fused-ring (bicyclic) bond motifs is 1. The summed E-state index contributed by atoms with van der Waals surface area (Å²) in [5.74, 6) is -1.61. The van der Waals surface area contributed by atoms with Crippen molar-refractivity contribution in [3.63, 3.8) is 0 Å². The van der Waals surface area contributed by atoms with Gasteiger partial charge in [0.1, 0.15) is 16.4 Å². The van der Waals surface area contributed by atoms with Crippen LogP contribution < -0.4 is 5.43 Å². The third-order valence-electron chi connectivity index (χ3n) is 7.46. The van der Waals surface area contributed by atoms with Crippen LogP contribution in [0.2, 0.25) is 0 Å². The average molecular weight is 539 g/mol. The number of amides is 2. The molecular formula is C28H31FN4O4S. The van der Waals surface area contributed by atoms with Crippen molar-refractivity contribution in [1.29, 1.82) is 0 Å². The number of benzene rings is 1. The molecule has 2 aliphatic heterocycles. The summed E-state index contributed by atoms with van der Waals surface area (Å²) in [5, 5.41) is 11.5. The summed E-state index contributed by atoms with van der Waals surface area (Å²) in [5.41, 5.74) is -1.06. The van der Waals surface area contributed by atoms with Crippen LogP contribution in [0.5, 0.6) is 5.75 Å². The zero-order chi connectivity index (χ0) is 27.2. The summed E-state index contributed by atoms with van der Waals surface area (Å²) >= 11 is 1.28. The fraction of sp³-hybridized carbons (Fsp3) is 0.429. The number of carbonyl (C=O) groups excluding carboxylic acids is 2. The van der Waals surface area contributed by atoms with E-state index < -0.39 is 22.6 Å². The Hall–Kier alpha value is -3.53. The number of halogens is 1. The van der Waals surface area contributed by atoms with E-state index in [1.165, 1.54) is 34.2 Å². The first-order chi connectivity index (χ1) is 18.1. The monoisotopic (exact) mass is 538 g/mol. The van der Waals surface area contributed by atoms with Crippen molar-refractivity contribution in [1.82, 2.24) is 19.4 Å². The topological polar surface area (TPSA) is 95.7 Å². The number of hydrogen-bond acceptors (Lipinski definition) is 6. The van der Waals surface area contributed by atoms with Crippen LogP contribution in [0.3, 0.4) is 0 Å². The van der Waals surface area contributed by atoms with E-state index in [9.17, 15) is 23.9 Å². The highest BCUT2D eigenvalue weighted by Crippen LogP contribution is 2.36. The Bertz CT molecular complexity index is 1440. The SMILES string of the molecule is CC(C)N1CC(C)(C(=O)N2CCCCC2)n2cc(-c3ncc(Cc4ccc(F)cc4)s3)c(=O)c(O)c2C1=O. The Labute approximate surface area is 224 Å². The van der Waals surface area contributed by atoms with Crippen LogP contribution in [0, 0.1) is 5.82 Å². The lowest BCUT2D eigenvalue weighted by molar-refractivity contribution is -0.142. The van der Waals surface area contributed by atoms with Gasteiger partial charge in [-0.1, -0.05) is 12.1 Å². The van der Waals surface area contributed by atoms with E-state index in [2.05, 4.69) is 4.98 Å². The predicted octanol–water partition coefficient (Wildman–Crippen LogP) is 4.00. The molecule has 2 amide bonds. The highest BCUT2D eigenvalue weighted by atomic mass is 32.1. The van der Waals surface area contributed by atoms with Crippen molar-refractivity contribution in [2.24, 2.45) is 0 Å². The van der Waals surface area contributed by atoms with E-state index in [0.29, 0.717) is 24.5 Å². The van der Waals surface area contributed by atoms with E-state index in [1.807, 2.05) is 18.7 Å². The number of carbonyl (C=O) groups is 2. The first kappa shape index (κ1) is 26.1. The molecule has 1 N–H and O–H groups in total. The van der Waals surface area contributed by atoms with Crippen LogP contribution in [-0.4, -0.2) is 61.9 Å². The number of likely N-dealkylation sites (tertiary alicyclic amines) is 1. The quantitative estimate of drug-likeness (QED) is 0.530. The number of hydrogen-bond donors (Lipinski definition) is 1. The van der Waals surface area contributed by atoms with E-state index >= 15 is 0 Å². The molecule has 0 aliphatic carbocycles. The van der Waals surface area contributed by atoms with E-state index in [4.69, 9.17) is 0 Å². The molecule has 10 heteroatoms. The Balaban J connectivity index is 1.60. The largest absolute Gasteiger partial charge is 0.503 e. The van der Waals surface area contributed by atoms with Crippen molar-refractivity contribution in [2.75, 3.05) is 19.6 Å². The second-order valence-electron chi connectivity index (χ2n) is 10.5. The highest BCUT2D eigenvalue weighted by molar-refractivity contribution is 7.15. The molecular weight excluding hydrogens is 507 g/mol. The van der Waals surface area contributed by atoms with Gasteiger partial charge >= 0.3 is 0 Å². The molecule has 200 valence electrons. The van der Waals surface area contributed by atoms with Gasteiger partial charge in [0.2, 0.25) is 11.3 Å². The van der Waals surface area contributed by atoms with Crippen LogP contribution >= 0.6 is 11.3 Å².